The molecule has 84 valence electrons. The third-order valence-electron chi connectivity index (χ3n) is 2.93. The largest absolute Gasteiger partial charge is 0.330 e. The van der Waals surface area contributed by atoms with Crippen LogP contribution in [0.3, 0.4) is 0 Å². The summed E-state index contributed by atoms with van der Waals surface area (Å²) in [5.74, 6) is 1.96. The lowest BCUT2D eigenvalue weighted by Gasteiger charge is -2.38. The average Bonchev–Trinajstić information content (AvgIpc) is 2.12. The van der Waals surface area contributed by atoms with Crippen LogP contribution in [-0.4, -0.2) is 41.6 Å². The molecule has 0 aromatic heterocycles. The second-order valence-corrected chi connectivity index (χ2v) is 6.66. The van der Waals surface area contributed by atoms with Crippen molar-refractivity contribution in [2.75, 3.05) is 31.9 Å². The summed E-state index contributed by atoms with van der Waals surface area (Å²) < 4.78 is 0.436. The maximum Gasteiger partial charge on any atom is 0.0231 e. The van der Waals surface area contributed by atoms with E-state index in [0.717, 1.165) is 6.54 Å². The Bertz CT molecular complexity index is 167. The average molecular weight is 216 g/mol. The fourth-order valence-corrected chi connectivity index (χ4v) is 3.18. The lowest BCUT2D eigenvalue weighted by atomic mass is 10.1. The minimum Gasteiger partial charge on any atom is -0.330 e. The quantitative estimate of drug-likeness (QED) is 0.777. The summed E-state index contributed by atoms with van der Waals surface area (Å²) >= 11 is 2.09. The fraction of sp³-hybridized carbons (Fsp3) is 1.00. The van der Waals surface area contributed by atoms with E-state index >= 15 is 0 Å². The summed E-state index contributed by atoms with van der Waals surface area (Å²) in [6.45, 7) is 11.4. The van der Waals surface area contributed by atoms with E-state index < -0.39 is 0 Å². The molecule has 0 saturated carbocycles. The molecule has 1 unspecified atom stereocenters. The maximum absolute atomic E-state index is 5.74. The van der Waals surface area contributed by atoms with Crippen LogP contribution in [0.15, 0.2) is 0 Å². The van der Waals surface area contributed by atoms with Crippen molar-refractivity contribution in [3.8, 4) is 0 Å². The zero-order valence-electron chi connectivity index (χ0n) is 9.75. The molecule has 0 aliphatic carbocycles. The summed E-state index contributed by atoms with van der Waals surface area (Å²) in [5.41, 5.74) is 5.74. The van der Waals surface area contributed by atoms with E-state index in [9.17, 15) is 0 Å². The topological polar surface area (TPSA) is 29.3 Å². The minimum atomic E-state index is 0.436. The summed E-state index contributed by atoms with van der Waals surface area (Å²) in [7, 11) is 0. The molecule has 0 amide bonds. The van der Waals surface area contributed by atoms with Crippen LogP contribution in [0.2, 0.25) is 0 Å². The molecule has 2 nitrogen and oxygen atoms in total. The van der Waals surface area contributed by atoms with Crippen molar-refractivity contribution in [2.24, 2.45) is 11.7 Å². The molecule has 1 heterocycles. The van der Waals surface area contributed by atoms with Gasteiger partial charge in [-0.2, -0.15) is 11.8 Å². The molecular formula is C11H24N2S. The van der Waals surface area contributed by atoms with Crippen molar-refractivity contribution in [1.29, 1.82) is 0 Å². The first-order valence-electron chi connectivity index (χ1n) is 5.64. The smallest absolute Gasteiger partial charge is 0.0231 e. The molecule has 0 aromatic carbocycles. The van der Waals surface area contributed by atoms with Crippen LogP contribution >= 0.6 is 11.8 Å². The zero-order valence-corrected chi connectivity index (χ0v) is 10.6. The summed E-state index contributed by atoms with van der Waals surface area (Å²) in [4.78, 5) is 2.58. The molecule has 2 N–H and O–H groups in total. The molecule has 0 aromatic rings. The molecule has 1 aliphatic rings. The van der Waals surface area contributed by atoms with Crippen LogP contribution in [0, 0.1) is 5.92 Å². The van der Waals surface area contributed by atoms with Gasteiger partial charge in [-0.25, -0.2) is 0 Å². The lowest BCUT2D eigenvalue weighted by molar-refractivity contribution is 0.220. The van der Waals surface area contributed by atoms with E-state index in [1.807, 2.05) is 0 Å². The second-order valence-electron chi connectivity index (χ2n) is 4.85. The number of nitrogens with zero attached hydrogens (tertiary/aromatic N) is 1. The van der Waals surface area contributed by atoms with E-state index in [0.29, 0.717) is 10.7 Å². The Morgan fingerprint density at radius 2 is 2.21 bits per heavy atom. The normalized spacial score (nSPS) is 24.9. The SMILES string of the molecule is CCC(CN)CN1CCSC(C)(C)C1. The molecule has 0 bridgehead atoms. The van der Waals surface area contributed by atoms with Crippen molar-refractivity contribution in [3.05, 3.63) is 0 Å². The summed E-state index contributed by atoms with van der Waals surface area (Å²) in [6, 6.07) is 0. The zero-order chi connectivity index (χ0) is 10.6. The van der Waals surface area contributed by atoms with E-state index in [-0.39, 0.29) is 0 Å². The highest BCUT2D eigenvalue weighted by atomic mass is 32.2. The van der Waals surface area contributed by atoms with Gasteiger partial charge in [-0.15, -0.1) is 0 Å². The maximum atomic E-state index is 5.74. The molecule has 1 atom stereocenters. The third-order valence-corrected chi connectivity index (χ3v) is 4.23. The van der Waals surface area contributed by atoms with Gasteiger partial charge in [0.25, 0.3) is 0 Å². The van der Waals surface area contributed by atoms with E-state index in [2.05, 4.69) is 37.4 Å². The molecule has 14 heavy (non-hydrogen) atoms. The van der Waals surface area contributed by atoms with Crippen LogP contribution in [0.4, 0.5) is 0 Å². The van der Waals surface area contributed by atoms with E-state index in [1.165, 1.54) is 31.8 Å². The lowest BCUT2D eigenvalue weighted by Crippen LogP contribution is -2.45. The predicted octanol–water partition coefficient (Wildman–Crippen LogP) is 1.80. The van der Waals surface area contributed by atoms with Crippen LogP contribution in [0.1, 0.15) is 27.2 Å². The van der Waals surface area contributed by atoms with Crippen molar-refractivity contribution in [3.63, 3.8) is 0 Å². The van der Waals surface area contributed by atoms with Gasteiger partial charge in [0.05, 0.1) is 0 Å². The first-order chi connectivity index (χ1) is 6.57. The fourth-order valence-electron chi connectivity index (χ4n) is 2.01. The van der Waals surface area contributed by atoms with Gasteiger partial charge >= 0.3 is 0 Å². The van der Waals surface area contributed by atoms with Crippen molar-refractivity contribution in [2.45, 2.75) is 31.9 Å². The predicted molar refractivity (Wildman–Crippen MR) is 65.8 cm³/mol. The Morgan fingerprint density at radius 3 is 2.71 bits per heavy atom. The van der Waals surface area contributed by atoms with Gasteiger partial charge in [0.15, 0.2) is 0 Å². The molecule has 1 rings (SSSR count). The summed E-state index contributed by atoms with van der Waals surface area (Å²) in [6.07, 6.45) is 1.21. The Balaban J connectivity index is 2.37. The highest BCUT2D eigenvalue weighted by molar-refractivity contribution is 8.00. The third kappa shape index (κ3) is 3.79. The van der Waals surface area contributed by atoms with Gasteiger partial charge < -0.3 is 10.6 Å². The van der Waals surface area contributed by atoms with Crippen LogP contribution < -0.4 is 5.73 Å². The van der Waals surface area contributed by atoms with E-state index in [1.54, 1.807) is 0 Å². The Kier molecular flexibility index (Phi) is 4.74. The highest BCUT2D eigenvalue weighted by Gasteiger charge is 2.27. The number of rotatable bonds is 4. The monoisotopic (exact) mass is 216 g/mol. The Hall–Kier alpha value is 0.270. The first-order valence-corrected chi connectivity index (χ1v) is 6.62. The summed E-state index contributed by atoms with van der Waals surface area (Å²) in [5, 5.41) is 0. The number of hydrogen-bond donors (Lipinski definition) is 1. The molecule has 0 spiro atoms. The Morgan fingerprint density at radius 1 is 1.50 bits per heavy atom. The molecule has 3 heteroatoms. The Labute approximate surface area is 92.6 Å². The highest BCUT2D eigenvalue weighted by Crippen LogP contribution is 2.29. The molecule has 1 aliphatic heterocycles. The second kappa shape index (κ2) is 5.38. The van der Waals surface area contributed by atoms with Crippen molar-refractivity contribution >= 4 is 11.8 Å². The minimum absolute atomic E-state index is 0.436. The first kappa shape index (κ1) is 12.3. The van der Waals surface area contributed by atoms with Gasteiger partial charge in [0.1, 0.15) is 0 Å². The van der Waals surface area contributed by atoms with Crippen LogP contribution in [0.25, 0.3) is 0 Å². The van der Waals surface area contributed by atoms with Gasteiger partial charge in [0, 0.05) is 30.1 Å². The number of thioether (sulfide) groups is 1. The molecule has 1 saturated heterocycles. The molecule has 0 radical (unpaired) electrons. The van der Waals surface area contributed by atoms with Gasteiger partial charge in [0.2, 0.25) is 0 Å². The van der Waals surface area contributed by atoms with Crippen LogP contribution in [-0.2, 0) is 0 Å². The van der Waals surface area contributed by atoms with Gasteiger partial charge in [-0.1, -0.05) is 13.3 Å². The van der Waals surface area contributed by atoms with Gasteiger partial charge in [-0.05, 0) is 26.3 Å². The number of nitrogens with two attached hydrogens (primary N) is 1. The van der Waals surface area contributed by atoms with Gasteiger partial charge in [-0.3, -0.25) is 0 Å². The number of hydrogen-bond acceptors (Lipinski definition) is 3. The van der Waals surface area contributed by atoms with Crippen molar-refractivity contribution < 1.29 is 0 Å². The van der Waals surface area contributed by atoms with Crippen molar-refractivity contribution in [1.82, 2.24) is 4.90 Å². The standard InChI is InChI=1S/C11H24N2S/c1-4-10(7-12)8-13-5-6-14-11(2,3)9-13/h10H,4-9,12H2,1-3H3. The molecule has 1 fully saturated rings. The van der Waals surface area contributed by atoms with Crippen LogP contribution in [0.5, 0.6) is 0 Å². The molecular weight excluding hydrogens is 192 g/mol. The van der Waals surface area contributed by atoms with E-state index in [4.69, 9.17) is 5.73 Å².